The van der Waals surface area contributed by atoms with Gasteiger partial charge in [-0.1, -0.05) is 23.7 Å². The first-order valence-corrected chi connectivity index (χ1v) is 8.38. The molecule has 2 aromatic carbocycles. The largest absolute Gasteiger partial charge is 0.493 e. The third kappa shape index (κ3) is 4.67. The number of methoxy groups -OCH3 is 2. The number of carbonyl (C=O) groups is 2. The average Bonchev–Trinajstić information content (AvgIpc) is 2.64. The third-order valence-electron chi connectivity index (χ3n) is 3.80. The maximum absolute atomic E-state index is 12.2. The molecule has 0 atom stereocenters. The Labute approximate surface area is 157 Å². The highest BCUT2D eigenvalue weighted by atomic mass is 35.5. The summed E-state index contributed by atoms with van der Waals surface area (Å²) < 4.78 is 10.5. The summed E-state index contributed by atoms with van der Waals surface area (Å²) in [6.07, 6.45) is 0. The first-order valence-electron chi connectivity index (χ1n) is 8.00. The standard InChI is InChI=1S/C19H21ClN2O4/c1-13(23)22(14-8-9-17(25-2)18(12-14)26-3)11-10-21-19(24)15-6-4-5-7-16(15)20/h4-9,12H,10-11H2,1-3H3,(H,21,24). The van der Waals surface area contributed by atoms with E-state index in [1.165, 1.54) is 14.0 Å². The Balaban J connectivity index is 2.06. The minimum Gasteiger partial charge on any atom is -0.493 e. The smallest absolute Gasteiger partial charge is 0.252 e. The summed E-state index contributed by atoms with van der Waals surface area (Å²) in [7, 11) is 3.08. The van der Waals surface area contributed by atoms with Crippen LogP contribution in [0.15, 0.2) is 42.5 Å². The van der Waals surface area contributed by atoms with Crippen molar-refractivity contribution >= 4 is 29.1 Å². The van der Waals surface area contributed by atoms with Crippen LogP contribution >= 0.6 is 11.6 Å². The molecule has 0 spiro atoms. The Hall–Kier alpha value is -2.73. The predicted molar refractivity (Wildman–Crippen MR) is 101 cm³/mol. The summed E-state index contributed by atoms with van der Waals surface area (Å²) >= 11 is 6.02. The van der Waals surface area contributed by atoms with Crippen molar-refractivity contribution in [1.82, 2.24) is 5.32 Å². The Morgan fingerprint density at radius 2 is 1.77 bits per heavy atom. The fourth-order valence-corrected chi connectivity index (χ4v) is 2.70. The number of halogens is 1. The Bertz CT molecular complexity index is 795. The van der Waals surface area contributed by atoms with Gasteiger partial charge in [0.05, 0.1) is 24.8 Å². The number of ether oxygens (including phenoxy) is 2. The van der Waals surface area contributed by atoms with E-state index < -0.39 is 0 Å². The number of hydrogen-bond donors (Lipinski definition) is 1. The lowest BCUT2D eigenvalue weighted by molar-refractivity contribution is -0.116. The molecule has 2 amide bonds. The van der Waals surface area contributed by atoms with Crippen molar-refractivity contribution in [2.24, 2.45) is 0 Å². The Morgan fingerprint density at radius 3 is 2.38 bits per heavy atom. The minimum absolute atomic E-state index is 0.149. The molecular weight excluding hydrogens is 356 g/mol. The van der Waals surface area contributed by atoms with Gasteiger partial charge in [-0.05, 0) is 24.3 Å². The van der Waals surface area contributed by atoms with Crippen molar-refractivity contribution in [2.45, 2.75) is 6.92 Å². The zero-order valence-electron chi connectivity index (χ0n) is 14.9. The quantitative estimate of drug-likeness (QED) is 0.806. The first kappa shape index (κ1) is 19.6. The summed E-state index contributed by atoms with van der Waals surface area (Å²) in [6, 6.07) is 12.0. The zero-order valence-corrected chi connectivity index (χ0v) is 15.7. The van der Waals surface area contributed by atoms with Crippen molar-refractivity contribution in [3.8, 4) is 11.5 Å². The highest BCUT2D eigenvalue weighted by Crippen LogP contribution is 2.31. The van der Waals surface area contributed by atoms with Crippen LogP contribution in [0.5, 0.6) is 11.5 Å². The molecule has 0 aliphatic carbocycles. The topological polar surface area (TPSA) is 67.9 Å². The normalized spacial score (nSPS) is 10.2. The van der Waals surface area contributed by atoms with Crippen LogP contribution < -0.4 is 19.7 Å². The van der Waals surface area contributed by atoms with Crippen LogP contribution in [0.2, 0.25) is 5.02 Å². The van der Waals surface area contributed by atoms with Crippen LogP contribution in [0, 0.1) is 0 Å². The van der Waals surface area contributed by atoms with Crippen LogP contribution in [0.3, 0.4) is 0 Å². The van der Waals surface area contributed by atoms with E-state index in [1.807, 2.05) is 0 Å². The molecule has 0 aromatic heterocycles. The summed E-state index contributed by atoms with van der Waals surface area (Å²) in [5.41, 5.74) is 1.05. The lowest BCUT2D eigenvalue weighted by Gasteiger charge is -2.22. The monoisotopic (exact) mass is 376 g/mol. The van der Waals surface area contributed by atoms with Gasteiger partial charge in [0.15, 0.2) is 11.5 Å². The van der Waals surface area contributed by atoms with Gasteiger partial charge in [0.1, 0.15) is 0 Å². The van der Waals surface area contributed by atoms with Crippen LogP contribution in [-0.2, 0) is 4.79 Å². The van der Waals surface area contributed by atoms with Gasteiger partial charge in [0, 0.05) is 31.8 Å². The Morgan fingerprint density at radius 1 is 1.08 bits per heavy atom. The molecule has 2 aromatic rings. The molecule has 0 aliphatic heterocycles. The number of nitrogens with zero attached hydrogens (tertiary/aromatic N) is 1. The molecule has 1 N–H and O–H groups in total. The average molecular weight is 377 g/mol. The number of nitrogens with one attached hydrogen (secondary N) is 1. The third-order valence-corrected chi connectivity index (χ3v) is 4.13. The number of rotatable bonds is 7. The van der Waals surface area contributed by atoms with Gasteiger partial charge < -0.3 is 19.7 Å². The van der Waals surface area contributed by atoms with Crippen molar-refractivity contribution in [3.05, 3.63) is 53.1 Å². The van der Waals surface area contributed by atoms with Gasteiger partial charge in [-0.3, -0.25) is 9.59 Å². The van der Waals surface area contributed by atoms with E-state index in [1.54, 1.807) is 54.5 Å². The number of anilines is 1. The fourth-order valence-electron chi connectivity index (χ4n) is 2.48. The molecule has 138 valence electrons. The van der Waals surface area contributed by atoms with Gasteiger partial charge in [-0.2, -0.15) is 0 Å². The SMILES string of the molecule is COc1ccc(N(CCNC(=O)c2ccccc2Cl)C(C)=O)cc1OC. The van der Waals surface area contributed by atoms with E-state index in [0.717, 1.165) is 0 Å². The van der Waals surface area contributed by atoms with Gasteiger partial charge in [0.2, 0.25) is 5.91 Å². The molecule has 7 heteroatoms. The molecule has 0 unspecified atom stereocenters. The maximum atomic E-state index is 12.2. The molecule has 0 fully saturated rings. The molecule has 0 radical (unpaired) electrons. The molecular formula is C19H21ClN2O4. The highest BCUT2D eigenvalue weighted by Gasteiger charge is 2.15. The van der Waals surface area contributed by atoms with E-state index in [9.17, 15) is 9.59 Å². The fraction of sp³-hybridized carbons (Fsp3) is 0.263. The molecule has 0 aliphatic rings. The van der Waals surface area contributed by atoms with Gasteiger partial charge >= 0.3 is 0 Å². The van der Waals surface area contributed by atoms with Crippen molar-refractivity contribution in [3.63, 3.8) is 0 Å². The summed E-state index contributed by atoms with van der Waals surface area (Å²) in [6.45, 7) is 2.05. The molecule has 2 rings (SSSR count). The van der Waals surface area contributed by atoms with E-state index in [2.05, 4.69) is 5.32 Å². The van der Waals surface area contributed by atoms with E-state index >= 15 is 0 Å². The highest BCUT2D eigenvalue weighted by molar-refractivity contribution is 6.33. The lowest BCUT2D eigenvalue weighted by atomic mass is 10.2. The second-order valence-corrected chi connectivity index (χ2v) is 5.85. The number of hydrogen-bond acceptors (Lipinski definition) is 4. The molecule has 0 saturated heterocycles. The minimum atomic E-state index is -0.286. The van der Waals surface area contributed by atoms with E-state index in [4.69, 9.17) is 21.1 Å². The van der Waals surface area contributed by atoms with Gasteiger partial charge in [-0.25, -0.2) is 0 Å². The number of amides is 2. The van der Waals surface area contributed by atoms with Crippen LogP contribution in [0.25, 0.3) is 0 Å². The Kier molecular flexibility index (Phi) is 6.86. The molecule has 6 nitrogen and oxygen atoms in total. The molecule has 0 saturated carbocycles. The predicted octanol–water partition coefficient (Wildman–Crippen LogP) is 3.14. The number of benzene rings is 2. The van der Waals surface area contributed by atoms with Crippen molar-refractivity contribution < 1.29 is 19.1 Å². The zero-order chi connectivity index (χ0) is 19.1. The van der Waals surface area contributed by atoms with Crippen LogP contribution in [-0.4, -0.2) is 39.1 Å². The summed E-state index contributed by atoms with van der Waals surface area (Å²) in [5.74, 6) is 0.666. The van der Waals surface area contributed by atoms with Crippen molar-refractivity contribution in [1.29, 1.82) is 0 Å². The van der Waals surface area contributed by atoms with E-state index in [-0.39, 0.29) is 18.4 Å². The summed E-state index contributed by atoms with van der Waals surface area (Å²) in [4.78, 5) is 25.8. The molecule has 0 heterocycles. The molecule has 0 bridgehead atoms. The molecule has 26 heavy (non-hydrogen) atoms. The van der Waals surface area contributed by atoms with Crippen molar-refractivity contribution in [2.75, 3.05) is 32.2 Å². The summed E-state index contributed by atoms with van der Waals surface area (Å²) in [5, 5.41) is 3.16. The second-order valence-electron chi connectivity index (χ2n) is 5.45. The maximum Gasteiger partial charge on any atom is 0.252 e. The first-order chi connectivity index (χ1) is 12.5. The lowest BCUT2D eigenvalue weighted by Crippen LogP contribution is -2.37. The number of carbonyl (C=O) groups excluding carboxylic acids is 2. The second kappa shape index (κ2) is 9.10. The van der Waals surface area contributed by atoms with E-state index in [0.29, 0.717) is 34.3 Å². The van der Waals surface area contributed by atoms with Crippen LogP contribution in [0.4, 0.5) is 5.69 Å². The van der Waals surface area contributed by atoms with Crippen LogP contribution in [0.1, 0.15) is 17.3 Å². The van der Waals surface area contributed by atoms with Gasteiger partial charge in [0.25, 0.3) is 5.91 Å². The van der Waals surface area contributed by atoms with Gasteiger partial charge in [-0.15, -0.1) is 0 Å².